The molecule has 0 bridgehead atoms. The molecule has 3 amide bonds. The Morgan fingerprint density at radius 3 is 2.30 bits per heavy atom. The molecule has 3 rings (SSSR count). The van der Waals surface area contributed by atoms with Gasteiger partial charge in [-0.25, -0.2) is 18.0 Å². The first-order valence-electron chi connectivity index (χ1n) is 10.6. The maximum absolute atomic E-state index is 13.1. The molecule has 1 aliphatic heterocycles. The van der Waals surface area contributed by atoms with Gasteiger partial charge in [0, 0.05) is 25.7 Å². The van der Waals surface area contributed by atoms with Gasteiger partial charge in [0.05, 0.1) is 10.5 Å². The number of aryl methyl sites for hydroxylation is 1. The minimum Gasteiger partial charge on any atom is -0.444 e. The van der Waals surface area contributed by atoms with Crippen molar-refractivity contribution in [2.24, 2.45) is 0 Å². The van der Waals surface area contributed by atoms with Crippen LogP contribution in [-0.4, -0.2) is 50.8 Å². The van der Waals surface area contributed by atoms with E-state index in [1.165, 1.54) is 29.6 Å². The molecule has 1 atom stereocenters. The lowest BCUT2D eigenvalue weighted by atomic mass is 10.1. The quantitative estimate of drug-likeness (QED) is 0.622. The van der Waals surface area contributed by atoms with Gasteiger partial charge in [-0.2, -0.15) is 4.31 Å². The molecule has 0 radical (unpaired) electrons. The van der Waals surface area contributed by atoms with Crippen molar-refractivity contribution in [3.63, 3.8) is 0 Å². The maximum Gasteiger partial charge on any atom is 0.339 e. The lowest BCUT2D eigenvalue weighted by molar-refractivity contribution is -0.129. The number of nitrogens with one attached hydrogen (secondary N) is 2. The number of nitrogens with zero attached hydrogens (tertiary/aromatic N) is 1. The van der Waals surface area contributed by atoms with Crippen molar-refractivity contribution in [3.8, 4) is 0 Å². The summed E-state index contributed by atoms with van der Waals surface area (Å²) in [6.45, 7) is 2.52. The van der Waals surface area contributed by atoms with Crippen LogP contribution >= 0.6 is 0 Å². The molecule has 1 heterocycles. The highest BCUT2D eigenvalue weighted by Crippen LogP contribution is 2.25. The van der Waals surface area contributed by atoms with Gasteiger partial charge in [-0.1, -0.05) is 42.8 Å². The highest BCUT2D eigenvalue weighted by Gasteiger charge is 2.30. The van der Waals surface area contributed by atoms with Crippen molar-refractivity contribution >= 4 is 27.9 Å². The minimum absolute atomic E-state index is 0.00646. The Hall–Kier alpha value is -3.24. The lowest BCUT2D eigenvalue weighted by Crippen LogP contribution is -2.41. The number of benzene rings is 2. The van der Waals surface area contributed by atoms with E-state index in [0.717, 1.165) is 19.3 Å². The zero-order valence-electron chi connectivity index (χ0n) is 18.5. The fourth-order valence-electron chi connectivity index (χ4n) is 3.55. The predicted molar refractivity (Wildman–Crippen MR) is 121 cm³/mol. The van der Waals surface area contributed by atoms with E-state index in [9.17, 15) is 22.8 Å². The van der Waals surface area contributed by atoms with Crippen LogP contribution < -0.4 is 10.6 Å². The van der Waals surface area contributed by atoms with Crippen LogP contribution in [0.2, 0.25) is 0 Å². The van der Waals surface area contributed by atoms with Crippen LogP contribution in [0.4, 0.5) is 4.79 Å². The molecule has 0 saturated carbocycles. The highest BCUT2D eigenvalue weighted by atomic mass is 32.2. The highest BCUT2D eigenvalue weighted by molar-refractivity contribution is 7.89. The normalized spacial score (nSPS) is 15.3. The van der Waals surface area contributed by atoms with E-state index in [2.05, 4.69) is 10.6 Å². The van der Waals surface area contributed by atoms with E-state index in [4.69, 9.17) is 4.74 Å². The fourth-order valence-corrected chi connectivity index (χ4v) is 5.09. The van der Waals surface area contributed by atoms with Crippen molar-refractivity contribution in [2.75, 3.05) is 20.1 Å². The molecule has 10 heteroatoms. The van der Waals surface area contributed by atoms with Gasteiger partial charge in [-0.05, 0) is 37.5 Å². The van der Waals surface area contributed by atoms with Gasteiger partial charge < -0.3 is 10.1 Å². The average Bonchev–Trinajstić information content (AvgIpc) is 2.83. The molecular weight excluding hydrogens is 446 g/mol. The van der Waals surface area contributed by atoms with Gasteiger partial charge in [0.2, 0.25) is 16.1 Å². The number of urea groups is 1. The van der Waals surface area contributed by atoms with E-state index < -0.39 is 34.0 Å². The fraction of sp³-hybridized carbons (Fsp3) is 0.348. The van der Waals surface area contributed by atoms with Crippen molar-refractivity contribution < 1.29 is 27.5 Å². The molecule has 1 fully saturated rings. The lowest BCUT2D eigenvalue weighted by Gasteiger charge is -2.26. The van der Waals surface area contributed by atoms with Gasteiger partial charge in [0.15, 0.2) is 0 Å². The summed E-state index contributed by atoms with van der Waals surface area (Å²) >= 11 is 0. The number of carbonyl (C=O) groups is 3. The Balaban J connectivity index is 1.90. The number of hydrogen-bond acceptors (Lipinski definition) is 6. The van der Waals surface area contributed by atoms with Crippen molar-refractivity contribution in [2.45, 2.75) is 37.2 Å². The molecule has 2 aromatic carbocycles. The van der Waals surface area contributed by atoms with Gasteiger partial charge in [-0.15, -0.1) is 0 Å². The number of ether oxygens (including phenoxy) is 1. The molecule has 1 aliphatic rings. The molecule has 0 aromatic heterocycles. The minimum atomic E-state index is -3.76. The number of carbonyl (C=O) groups excluding carboxylic acids is 3. The maximum atomic E-state index is 13.1. The molecule has 33 heavy (non-hydrogen) atoms. The van der Waals surface area contributed by atoms with E-state index >= 15 is 0 Å². The Labute approximate surface area is 193 Å². The summed E-state index contributed by atoms with van der Waals surface area (Å²) in [6, 6.07) is 11.8. The van der Waals surface area contributed by atoms with Crippen LogP contribution in [0, 0.1) is 6.92 Å². The van der Waals surface area contributed by atoms with Crippen LogP contribution in [0.15, 0.2) is 53.4 Å². The third-order valence-electron chi connectivity index (χ3n) is 5.41. The predicted octanol–water partition coefficient (Wildman–Crippen LogP) is 2.52. The average molecular weight is 474 g/mol. The Bertz CT molecular complexity index is 1130. The second kappa shape index (κ2) is 10.6. The molecule has 1 saturated heterocycles. The summed E-state index contributed by atoms with van der Waals surface area (Å²) in [5.74, 6) is -1.70. The largest absolute Gasteiger partial charge is 0.444 e. The number of esters is 1. The number of imide groups is 1. The molecule has 2 aromatic rings. The van der Waals surface area contributed by atoms with Crippen LogP contribution in [0.3, 0.4) is 0 Å². The summed E-state index contributed by atoms with van der Waals surface area (Å²) in [7, 11) is -2.41. The second-order valence-corrected chi connectivity index (χ2v) is 9.64. The van der Waals surface area contributed by atoms with E-state index in [1.54, 1.807) is 37.3 Å². The summed E-state index contributed by atoms with van der Waals surface area (Å²) in [5.41, 5.74) is 0.889. The van der Waals surface area contributed by atoms with Crippen LogP contribution in [-0.2, 0) is 19.6 Å². The van der Waals surface area contributed by atoms with Gasteiger partial charge in [-0.3, -0.25) is 10.1 Å². The van der Waals surface area contributed by atoms with E-state index in [0.29, 0.717) is 24.2 Å². The Morgan fingerprint density at radius 2 is 1.67 bits per heavy atom. The monoisotopic (exact) mass is 473 g/mol. The van der Waals surface area contributed by atoms with Crippen molar-refractivity contribution in [1.82, 2.24) is 14.9 Å². The zero-order chi connectivity index (χ0) is 24.0. The van der Waals surface area contributed by atoms with Gasteiger partial charge >= 0.3 is 12.0 Å². The summed E-state index contributed by atoms with van der Waals surface area (Å²) in [5, 5.41) is 4.38. The molecule has 176 valence electrons. The van der Waals surface area contributed by atoms with Crippen molar-refractivity contribution in [1.29, 1.82) is 0 Å². The standard InChI is InChI=1S/C23H27N3O6S/c1-16-11-12-18(33(30,31)26-13-7-4-8-14-26)15-19(16)22(28)32-20(17-9-5-3-6-10-17)21(27)25-23(29)24-2/h3,5-6,9-12,15,20H,4,7-8,13-14H2,1-2H3,(H2,24,25,27,29)/t20-/m1/s1. The van der Waals surface area contributed by atoms with Crippen molar-refractivity contribution in [3.05, 3.63) is 65.2 Å². The van der Waals surface area contributed by atoms with E-state index in [1.807, 2.05) is 0 Å². The Kier molecular flexibility index (Phi) is 7.83. The molecule has 0 spiro atoms. The van der Waals surface area contributed by atoms with Crippen LogP contribution in [0.25, 0.3) is 0 Å². The number of piperidine rings is 1. The smallest absolute Gasteiger partial charge is 0.339 e. The van der Waals surface area contributed by atoms with E-state index in [-0.39, 0.29) is 10.5 Å². The SMILES string of the molecule is CNC(=O)NC(=O)[C@H](OC(=O)c1cc(S(=O)(=O)N2CCCCC2)ccc1C)c1ccccc1. The third kappa shape index (κ3) is 5.77. The summed E-state index contributed by atoms with van der Waals surface area (Å²) < 4.78 is 33.0. The summed E-state index contributed by atoms with van der Waals surface area (Å²) in [4.78, 5) is 37.3. The first kappa shape index (κ1) is 24.4. The molecule has 9 nitrogen and oxygen atoms in total. The van der Waals surface area contributed by atoms with Gasteiger partial charge in [0.25, 0.3) is 5.91 Å². The number of rotatable bonds is 6. The first-order valence-corrected chi connectivity index (χ1v) is 12.1. The topological polar surface area (TPSA) is 122 Å². The molecule has 0 unspecified atom stereocenters. The zero-order valence-corrected chi connectivity index (χ0v) is 19.4. The number of sulfonamides is 1. The van der Waals surface area contributed by atoms with Crippen LogP contribution in [0.5, 0.6) is 0 Å². The van der Waals surface area contributed by atoms with Crippen LogP contribution in [0.1, 0.15) is 46.9 Å². The van der Waals surface area contributed by atoms with Gasteiger partial charge in [0.1, 0.15) is 0 Å². The molecular formula is C23H27N3O6S. The number of hydrogen-bond donors (Lipinski definition) is 2. The molecule has 0 aliphatic carbocycles. The molecule has 2 N–H and O–H groups in total. The third-order valence-corrected chi connectivity index (χ3v) is 7.31. The number of amides is 3. The second-order valence-electron chi connectivity index (χ2n) is 7.71. The first-order chi connectivity index (χ1) is 15.7. The summed E-state index contributed by atoms with van der Waals surface area (Å²) in [6.07, 6.45) is 1.16. The Morgan fingerprint density at radius 1 is 1.00 bits per heavy atom.